The fourth-order valence-corrected chi connectivity index (χ4v) is 2.64. The van der Waals surface area contributed by atoms with Crippen LogP contribution in [0.2, 0.25) is 0 Å². The average Bonchev–Trinajstić information content (AvgIpc) is 2.24. The lowest BCUT2D eigenvalue weighted by Crippen LogP contribution is -2.17. The van der Waals surface area contributed by atoms with E-state index >= 15 is 0 Å². The van der Waals surface area contributed by atoms with Crippen molar-refractivity contribution in [2.45, 2.75) is 65.7 Å². The van der Waals surface area contributed by atoms with E-state index in [2.05, 4.69) is 20.8 Å². The highest BCUT2D eigenvalue weighted by atomic mass is 31.1. The second-order valence-electron chi connectivity index (χ2n) is 4.33. The Balaban J connectivity index is 3.65. The highest BCUT2D eigenvalue weighted by Crippen LogP contribution is 2.36. The molecule has 0 aromatic carbocycles. The molecule has 0 fully saturated rings. The Morgan fingerprint density at radius 2 is 1.50 bits per heavy atom. The van der Waals surface area contributed by atoms with Crippen molar-refractivity contribution in [3.8, 4) is 0 Å². The van der Waals surface area contributed by atoms with E-state index in [-0.39, 0.29) is 0 Å². The van der Waals surface area contributed by atoms with Gasteiger partial charge in [-0.3, -0.25) is 0 Å². The van der Waals surface area contributed by atoms with E-state index in [4.69, 9.17) is 0 Å². The van der Waals surface area contributed by atoms with Gasteiger partial charge in [-0.05, 0) is 24.4 Å². The SMILES string of the molecule is CCC(CC)(CC)CCCCC[PH2]=O. The predicted molar refractivity (Wildman–Crippen MR) is 67.0 cm³/mol. The van der Waals surface area contributed by atoms with Crippen molar-refractivity contribution in [3.63, 3.8) is 0 Å². The summed E-state index contributed by atoms with van der Waals surface area (Å²) in [5.74, 6) is 0. The molecule has 0 aliphatic carbocycles. The summed E-state index contributed by atoms with van der Waals surface area (Å²) in [4.78, 5) is 0. The first-order valence-electron chi connectivity index (χ1n) is 6.18. The van der Waals surface area contributed by atoms with Crippen molar-refractivity contribution in [3.05, 3.63) is 0 Å². The van der Waals surface area contributed by atoms with Crippen molar-refractivity contribution >= 4 is 8.46 Å². The molecule has 0 saturated carbocycles. The highest BCUT2D eigenvalue weighted by Gasteiger charge is 2.22. The van der Waals surface area contributed by atoms with E-state index in [9.17, 15) is 4.57 Å². The number of hydrogen-bond acceptors (Lipinski definition) is 1. The molecule has 0 radical (unpaired) electrons. The lowest BCUT2D eigenvalue weighted by molar-refractivity contribution is 0.221. The fraction of sp³-hybridized carbons (Fsp3) is 1.00. The van der Waals surface area contributed by atoms with Gasteiger partial charge >= 0.3 is 0 Å². The zero-order valence-corrected chi connectivity index (χ0v) is 11.3. The summed E-state index contributed by atoms with van der Waals surface area (Å²) in [5, 5.41) is 0. The van der Waals surface area contributed by atoms with Crippen LogP contribution in [-0.4, -0.2) is 6.16 Å². The first-order valence-corrected chi connectivity index (χ1v) is 7.47. The molecule has 0 aromatic heterocycles. The minimum atomic E-state index is -0.504. The Hall–Kier alpha value is 0.230. The largest absolute Gasteiger partial charge is 0.330 e. The van der Waals surface area contributed by atoms with Gasteiger partial charge < -0.3 is 4.57 Å². The van der Waals surface area contributed by atoms with E-state index < -0.39 is 8.46 Å². The minimum Gasteiger partial charge on any atom is -0.330 e. The van der Waals surface area contributed by atoms with Gasteiger partial charge in [0.25, 0.3) is 0 Å². The maximum atomic E-state index is 10.3. The average molecular weight is 218 g/mol. The van der Waals surface area contributed by atoms with Crippen LogP contribution >= 0.6 is 8.46 Å². The Labute approximate surface area is 90.9 Å². The van der Waals surface area contributed by atoms with Crippen molar-refractivity contribution in [1.29, 1.82) is 0 Å². The van der Waals surface area contributed by atoms with Crippen molar-refractivity contribution < 1.29 is 4.57 Å². The Morgan fingerprint density at radius 1 is 0.929 bits per heavy atom. The summed E-state index contributed by atoms with van der Waals surface area (Å²) < 4.78 is 10.3. The summed E-state index contributed by atoms with van der Waals surface area (Å²) in [6.07, 6.45) is 10.0. The van der Waals surface area contributed by atoms with Gasteiger partial charge in [0.15, 0.2) is 0 Å². The van der Waals surface area contributed by atoms with E-state index in [1.807, 2.05) is 0 Å². The second kappa shape index (κ2) is 8.53. The molecular formula is C12H27OP. The van der Waals surface area contributed by atoms with Gasteiger partial charge in [0.1, 0.15) is 0 Å². The molecule has 0 spiro atoms. The molecule has 0 heterocycles. The van der Waals surface area contributed by atoms with Gasteiger partial charge in [-0.2, -0.15) is 0 Å². The summed E-state index contributed by atoms with van der Waals surface area (Å²) in [7, 11) is -0.504. The molecule has 0 saturated heterocycles. The van der Waals surface area contributed by atoms with Crippen LogP contribution in [0.25, 0.3) is 0 Å². The molecule has 1 atom stereocenters. The first kappa shape index (κ1) is 14.2. The standard InChI is InChI=1S/C12H27OP/c1-4-12(5-2,6-3)10-8-7-9-11-14-13/h4-11,14H2,1-3H3. The lowest BCUT2D eigenvalue weighted by Gasteiger charge is -2.30. The molecule has 14 heavy (non-hydrogen) atoms. The molecule has 86 valence electrons. The van der Waals surface area contributed by atoms with E-state index in [1.165, 1.54) is 44.9 Å². The lowest BCUT2D eigenvalue weighted by atomic mass is 9.76. The predicted octanol–water partition coefficient (Wildman–Crippen LogP) is 4.52. The third kappa shape index (κ3) is 5.20. The van der Waals surface area contributed by atoms with Gasteiger partial charge in [0.05, 0.1) is 8.46 Å². The Morgan fingerprint density at radius 3 is 1.93 bits per heavy atom. The molecule has 1 nitrogen and oxygen atoms in total. The van der Waals surface area contributed by atoms with Crippen LogP contribution in [0, 0.1) is 5.41 Å². The van der Waals surface area contributed by atoms with Gasteiger partial charge in [-0.15, -0.1) is 0 Å². The quantitative estimate of drug-likeness (QED) is 0.411. The minimum absolute atomic E-state index is 0.504. The normalized spacial score (nSPS) is 12.8. The van der Waals surface area contributed by atoms with Crippen LogP contribution in [0.5, 0.6) is 0 Å². The van der Waals surface area contributed by atoms with E-state index in [0.29, 0.717) is 5.41 Å². The van der Waals surface area contributed by atoms with Crippen LogP contribution in [0.1, 0.15) is 65.7 Å². The van der Waals surface area contributed by atoms with Gasteiger partial charge in [0, 0.05) is 0 Å². The fourth-order valence-electron chi connectivity index (χ4n) is 2.18. The van der Waals surface area contributed by atoms with Crippen molar-refractivity contribution in [2.75, 3.05) is 6.16 Å². The molecule has 0 bridgehead atoms. The maximum Gasteiger partial charge on any atom is 0.0645 e. The molecule has 0 N–H and O–H groups in total. The molecule has 2 heteroatoms. The Bertz CT molecular complexity index is 133. The van der Waals surface area contributed by atoms with Crippen molar-refractivity contribution in [1.82, 2.24) is 0 Å². The zero-order chi connectivity index (χ0) is 10.9. The monoisotopic (exact) mass is 218 g/mol. The number of rotatable bonds is 9. The van der Waals surface area contributed by atoms with Crippen LogP contribution < -0.4 is 0 Å². The van der Waals surface area contributed by atoms with Crippen LogP contribution in [0.15, 0.2) is 0 Å². The van der Waals surface area contributed by atoms with Gasteiger partial charge in [-0.25, -0.2) is 0 Å². The van der Waals surface area contributed by atoms with Gasteiger partial charge in [0.2, 0.25) is 0 Å². The molecular weight excluding hydrogens is 191 g/mol. The van der Waals surface area contributed by atoms with Crippen LogP contribution in [0.3, 0.4) is 0 Å². The zero-order valence-electron chi connectivity index (χ0n) is 10.1. The molecule has 0 aliphatic rings. The summed E-state index contributed by atoms with van der Waals surface area (Å²) in [6.45, 7) is 6.94. The van der Waals surface area contributed by atoms with Crippen LogP contribution in [-0.2, 0) is 4.57 Å². The topological polar surface area (TPSA) is 17.1 Å². The highest BCUT2D eigenvalue weighted by molar-refractivity contribution is 7.23. The summed E-state index contributed by atoms with van der Waals surface area (Å²) >= 11 is 0. The summed E-state index contributed by atoms with van der Waals surface area (Å²) in [5.41, 5.74) is 0.602. The molecule has 0 aromatic rings. The first-order chi connectivity index (χ1) is 6.74. The summed E-state index contributed by atoms with van der Waals surface area (Å²) in [6, 6.07) is 0. The molecule has 0 aliphatic heterocycles. The molecule has 0 amide bonds. The van der Waals surface area contributed by atoms with E-state index in [0.717, 1.165) is 6.16 Å². The van der Waals surface area contributed by atoms with Crippen LogP contribution in [0.4, 0.5) is 0 Å². The Kier molecular flexibility index (Phi) is 8.67. The van der Waals surface area contributed by atoms with Crippen molar-refractivity contribution in [2.24, 2.45) is 5.41 Å². The third-order valence-corrected chi connectivity index (χ3v) is 4.42. The number of hydrogen-bond donors (Lipinski definition) is 0. The molecule has 0 rings (SSSR count). The second-order valence-corrected chi connectivity index (χ2v) is 5.24. The maximum absolute atomic E-state index is 10.3. The smallest absolute Gasteiger partial charge is 0.0645 e. The molecule has 1 unspecified atom stereocenters. The van der Waals surface area contributed by atoms with Gasteiger partial charge in [-0.1, -0.05) is 52.9 Å². The number of unbranched alkanes of at least 4 members (excludes halogenated alkanes) is 2. The third-order valence-electron chi connectivity index (χ3n) is 3.78. The van der Waals surface area contributed by atoms with E-state index in [1.54, 1.807) is 0 Å².